The van der Waals surface area contributed by atoms with Crippen LogP contribution in [0, 0.1) is 27.0 Å². The molecule has 11 nitrogen and oxygen atoms in total. The van der Waals surface area contributed by atoms with Crippen molar-refractivity contribution in [2.75, 3.05) is 50.1 Å². The van der Waals surface area contributed by atoms with Gasteiger partial charge >= 0.3 is 0 Å². The average molecular weight is 959 g/mol. The number of aliphatic hydroxyl groups is 1. The second kappa shape index (κ2) is 22.5. The number of aromatic nitrogens is 2. The van der Waals surface area contributed by atoms with E-state index in [0.717, 1.165) is 88.8 Å². The molecule has 2 aliphatic heterocycles. The van der Waals surface area contributed by atoms with Crippen molar-refractivity contribution in [3.05, 3.63) is 201 Å². The second-order valence-electron chi connectivity index (χ2n) is 18.9. The van der Waals surface area contributed by atoms with Crippen LogP contribution >= 0.6 is 0 Å². The number of piperazine rings is 2. The summed E-state index contributed by atoms with van der Waals surface area (Å²) in [6.45, 7) is 31.4. The van der Waals surface area contributed by atoms with Crippen molar-refractivity contribution in [1.82, 2.24) is 19.4 Å². The van der Waals surface area contributed by atoms with Crippen LogP contribution in [0.1, 0.15) is 46.2 Å². The molecule has 2 fully saturated rings. The van der Waals surface area contributed by atoms with Gasteiger partial charge in [0.05, 0.1) is 13.1 Å². The van der Waals surface area contributed by atoms with Crippen LogP contribution in [0.2, 0.25) is 0 Å². The van der Waals surface area contributed by atoms with Crippen molar-refractivity contribution in [1.29, 1.82) is 0 Å². The molecule has 2 N–H and O–H groups in total. The van der Waals surface area contributed by atoms with Crippen molar-refractivity contribution < 1.29 is 5.11 Å². The lowest BCUT2D eigenvalue weighted by atomic mass is 9.96. The molecule has 2 aliphatic rings. The van der Waals surface area contributed by atoms with Gasteiger partial charge in [-0.25, -0.2) is 9.69 Å². The zero-order chi connectivity index (χ0) is 50.5. The van der Waals surface area contributed by atoms with E-state index in [-0.39, 0.29) is 18.5 Å². The summed E-state index contributed by atoms with van der Waals surface area (Å²) in [7, 11) is 3.19. The Kier molecular flexibility index (Phi) is 16.3. The lowest BCUT2D eigenvalue weighted by Crippen LogP contribution is -2.55. The van der Waals surface area contributed by atoms with E-state index in [1.807, 2.05) is 129 Å². The fourth-order valence-corrected chi connectivity index (χ4v) is 10.3. The van der Waals surface area contributed by atoms with Gasteiger partial charge in [-0.1, -0.05) is 80.2 Å². The average Bonchev–Trinajstić information content (AvgIpc) is 3.40. The van der Waals surface area contributed by atoms with E-state index in [0.29, 0.717) is 46.3 Å². The van der Waals surface area contributed by atoms with Crippen LogP contribution in [0.15, 0.2) is 155 Å². The van der Waals surface area contributed by atoms with E-state index < -0.39 is 0 Å². The SMILES string of the molecule is C.CO.[C-]#[N+]c1ccc(-c2cccc3c(=O)n(-c4ccc(N5CC(C)N(C)C(C)C5)cc4)cc(C)c23)cc1.[C-]#[N+]c1ccc(-c2cccc3c(=O)n(-c4ccc(N5CC(C)NC(C)C5)cc4)cc(C)c23)cc1. The van der Waals surface area contributed by atoms with Crippen LogP contribution in [-0.2, 0) is 0 Å². The highest BCUT2D eigenvalue weighted by Crippen LogP contribution is 2.34. The number of nitrogens with zero attached hydrogens (tertiary/aromatic N) is 7. The quantitative estimate of drug-likeness (QED) is 0.160. The van der Waals surface area contributed by atoms with Crippen molar-refractivity contribution in [2.24, 2.45) is 0 Å². The molecule has 0 aliphatic carbocycles. The van der Waals surface area contributed by atoms with E-state index in [1.165, 1.54) is 11.4 Å². The maximum Gasteiger partial charge on any atom is 0.262 e. The molecule has 4 atom stereocenters. The van der Waals surface area contributed by atoms with E-state index in [2.05, 4.69) is 95.6 Å². The normalized spacial score (nSPS) is 17.7. The van der Waals surface area contributed by atoms with Gasteiger partial charge < -0.3 is 20.2 Å². The highest BCUT2D eigenvalue weighted by molar-refractivity contribution is 6.00. The molecule has 0 radical (unpaired) electrons. The smallest absolute Gasteiger partial charge is 0.262 e. The molecule has 72 heavy (non-hydrogen) atoms. The molecule has 8 aromatic rings. The molecule has 6 aromatic carbocycles. The first kappa shape index (κ1) is 52.0. The number of likely N-dealkylation sites (N-methyl/N-ethyl adjacent to an activating group) is 1. The lowest BCUT2D eigenvalue weighted by Gasteiger charge is -2.43. The summed E-state index contributed by atoms with van der Waals surface area (Å²) in [5, 5.41) is 13.9. The molecule has 4 heterocycles. The van der Waals surface area contributed by atoms with Crippen molar-refractivity contribution in [3.8, 4) is 33.6 Å². The highest BCUT2D eigenvalue weighted by Gasteiger charge is 2.27. The first-order valence-electron chi connectivity index (χ1n) is 24.2. The molecule has 2 saturated heterocycles. The molecular weight excluding hydrogens is 893 g/mol. The van der Waals surface area contributed by atoms with Crippen LogP contribution in [0.5, 0.6) is 0 Å². The number of hydrogen-bond donors (Lipinski definition) is 2. The summed E-state index contributed by atoms with van der Waals surface area (Å²) in [6, 6.07) is 45.3. The van der Waals surface area contributed by atoms with Gasteiger partial charge in [0.2, 0.25) is 0 Å². The number of hydrogen-bond acceptors (Lipinski definition) is 7. The Hall–Kier alpha value is -7.80. The number of benzene rings is 6. The minimum atomic E-state index is -0.0302. The van der Waals surface area contributed by atoms with Gasteiger partial charge in [-0.05, 0) is 153 Å². The number of aliphatic hydroxyl groups excluding tert-OH is 1. The van der Waals surface area contributed by atoms with E-state index in [1.54, 1.807) is 9.13 Å². The molecule has 11 heteroatoms. The summed E-state index contributed by atoms with van der Waals surface area (Å²) in [4.78, 5) is 41.3. The Morgan fingerprint density at radius 1 is 0.514 bits per heavy atom. The molecule has 0 spiro atoms. The largest absolute Gasteiger partial charge is 0.400 e. The van der Waals surface area contributed by atoms with Gasteiger partial charge in [0.1, 0.15) is 0 Å². The number of fused-ring (bicyclic) bond motifs is 2. The van der Waals surface area contributed by atoms with Gasteiger partial charge in [0.25, 0.3) is 11.1 Å². The predicted octanol–water partition coefficient (Wildman–Crippen LogP) is 12.0. The second-order valence-corrected chi connectivity index (χ2v) is 18.9. The minimum Gasteiger partial charge on any atom is -0.400 e. The maximum absolute atomic E-state index is 13.6. The molecule has 0 amide bonds. The molecule has 0 saturated carbocycles. The fraction of sp³-hybridized carbons (Fsp3) is 0.279. The lowest BCUT2D eigenvalue weighted by molar-refractivity contribution is 0.170. The number of rotatable bonds is 6. The van der Waals surface area contributed by atoms with Crippen molar-refractivity contribution >= 4 is 44.3 Å². The van der Waals surface area contributed by atoms with Gasteiger partial charge in [0.15, 0.2) is 11.4 Å². The van der Waals surface area contributed by atoms with E-state index in [9.17, 15) is 9.59 Å². The van der Waals surface area contributed by atoms with Gasteiger partial charge in [-0.2, -0.15) is 0 Å². The molecule has 0 bridgehead atoms. The Bertz CT molecular complexity index is 3360. The summed E-state index contributed by atoms with van der Waals surface area (Å²) < 4.78 is 3.50. The third kappa shape index (κ3) is 10.6. The van der Waals surface area contributed by atoms with Gasteiger partial charge in [-0.3, -0.25) is 23.6 Å². The molecule has 4 unspecified atom stereocenters. The first-order valence-corrected chi connectivity index (χ1v) is 24.2. The standard InChI is InChI=1S/C30H30N4O.C29H28N4O.CH4O.CH4/c1-20-17-34(26-15-13-25(14-16-26)33-18-21(2)32(5)22(3)19-33)30(35)28-8-6-7-27(29(20)28)23-9-11-24(31-4)12-10-23;1-19-16-33(25-14-12-24(13-15-25)32-17-20(2)31-21(3)18-32)29(34)27-7-5-6-26(28(19)27)22-8-10-23(30-4)11-9-22;1-2;/h6-17,21-22H,18-19H2,1-3,5H3;5-16,20-21,31H,17-18H2,1-3H3;2H,1H3;1H4. The van der Waals surface area contributed by atoms with Gasteiger partial charge in [0, 0.05) is 103 Å². The van der Waals surface area contributed by atoms with Gasteiger partial charge in [-0.15, -0.1) is 0 Å². The topological polar surface area (TPSA) is 94.7 Å². The van der Waals surface area contributed by atoms with Crippen LogP contribution in [0.25, 0.3) is 64.9 Å². The summed E-state index contributed by atoms with van der Waals surface area (Å²) in [6.07, 6.45) is 3.88. The van der Waals surface area contributed by atoms with Crippen molar-refractivity contribution in [2.45, 2.75) is 73.1 Å². The summed E-state index contributed by atoms with van der Waals surface area (Å²) in [5.41, 5.74) is 11.4. The van der Waals surface area contributed by atoms with E-state index >= 15 is 0 Å². The number of nitrogens with one attached hydrogen (secondary N) is 1. The van der Waals surface area contributed by atoms with Crippen molar-refractivity contribution in [3.63, 3.8) is 0 Å². The monoisotopic (exact) mass is 959 g/mol. The zero-order valence-electron chi connectivity index (χ0n) is 41.9. The number of pyridine rings is 2. The Morgan fingerprint density at radius 2 is 0.861 bits per heavy atom. The van der Waals surface area contributed by atoms with E-state index in [4.69, 9.17) is 18.3 Å². The highest BCUT2D eigenvalue weighted by atomic mass is 16.2. The van der Waals surface area contributed by atoms with Crippen LogP contribution in [0.4, 0.5) is 22.7 Å². The molecule has 368 valence electrons. The minimum absolute atomic E-state index is 0. The maximum atomic E-state index is 13.6. The van der Waals surface area contributed by atoms with Crippen LogP contribution in [0.3, 0.4) is 0 Å². The number of aryl methyl sites for hydroxylation is 2. The first-order chi connectivity index (χ1) is 34.3. The third-order valence-electron chi connectivity index (χ3n) is 14.0. The molecule has 10 rings (SSSR count). The summed E-state index contributed by atoms with van der Waals surface area (Å²) >= 11 is 0. The Labute approximate surface area is 424 Å². The summed E-state index contributed by atoms with van der Waals surface area (Å²) in [5.74, 6) is 0. The fourth-order valence-electron chi connectivity index (χ4n) is 10.3. The molecular formula is C61H66N8O3. The predicted molar refractivity (Wildman–Crippen MR) is 300 cm³/mol. The number of anilines is 2. The zero-order valence-corrected chi connectivity index (χ0v) is 41.9. The Balaban J connectivity index is 0.000000202. The van der Waals surface area contributed by atoms with Crippen LogP contribution in [-0.4, -0.2) is 83.6 Å². The van der Waals surface area contributed by atoms with Crippen LogP contribution < -0.4 is 26.2 Å². The Morgan fingerprint density at radius 3 is 1.22 bits per heavy atom. The molecule has 2 aromatic heterocycles. The third-order valence-corrected chi connectivity index (χ3v) is 14.0.